The Hall–Kier alpha value is -3.84. The van der Waals surface area contributed by atoms with Crippen molar-refractivity contribution in [3.63, 3.8) is 0 Å². The van der Waals surface area contributed by atoms with E-state index in [2.05, 4.69) is 30.6 Å². The van der Waals surface area contributed by atoms with E-state index < -0.39 is 23.3 Å². The van der Waals surface area contributed by atoms with Crippen LogP contribution in [0, 0.1) is 6.92 Å². The van der Waals surface area contributed by atoms with E-state index in [1.165, 1.54) is 41.7 Å². The molecule has 1 aliphatic rings. The van der Waals surface area contributed by atoms with Crippen LogP contribution in [0.2, 0.25) is 5.02 Å². The van der Waals surface area contributed by atoms with Crippen molar-refractivity contribution in [3.8, 4) is 11.5 Å². The van der Waals surface area contributed by atoms with E-state index in [1.807, 2.05) is 0 Å². The quantitative estimate of drug-likeness (QED) is 0.418. The number of hydrogen-bond donors (Lipinski definition) is 1. The molecule has 0 aromatic carbocycles. The van der Waals surface area contributed by atoms with Gasteiger partial charge in [-0.2, -0.15) is 28.5 Å². The largest absolute Gasteiger partial charge is 0.434 e. The molecule has 0 spiro atoms. The van der Waals surface area contributed by atoms with Crippen molar-refractivity contribution < 1.29 is 22.7 Å². The van der Waals surface area contributed by atoms with Gasteiger partial charge in [0.15, 0.2) is 11.5 Å². The second-order valence-corrected chi connectivity index (χ2v) is 8.42. The van der Waals surface area contributed by atoms with E-state index in [0.717, 1.165) is 19.0 Å². The minimum atomic E-state index is -4.88. The number of carbonyl (C=O) groups excluding carboxylic acids is 1. The topological polar surface area (TPSA) is 113 Å². The van der Waals surface area contributed by atoms with Gasteiger partial charge in [-0.25, -0.2) is 9.67 Å². The molecule has 0 saturated carbocycles. The second-order valence-electron chi connectivity index (χ2n) is 8.02. The SMILES string of the molecule is Cc1cnc([C@H]2CCCO2)cc1-n1ncc(C(=O)Nc2cnc(-n3nccn3)c(Cl)c2)c1C(F)(F)F. The molecule has 1 amide bonds. The molecule has 186 valence electrons. The highest BCUT2D eigenvalue weighted by Crippen LogP contribution is 2.36. The summed E-state index contributed by atoms with van der Waals surface area (Å²) < 4.78 is 48.9. The zero-order valence-corrected chi connectivity index (χ0v) is 19.5. The average Bonchev–Trinajstić information content (AvgIpc) is 3.60. The summed E-state index contributed by atoms with van der Waals surface area (Å²) in [4.78, 5) is 22.5. The summed E-state index contributed by atoms with van der Waals surface area (Å²) in [5.41, 5.74) is -0.674. The molecular weight excluding hydrogens is 501 g/mol. The summed E-state index contributed by atoms with van der Waals surface area (Å²) in [6, 6.07) is 2.85. The number of carbonyl (C=O) groups is 1. The third-order valence-electron chi connectivity index (χ3n) is 5.55. The normalized spacial score (nSPS) is 15.9. The number of pyridine rings is 2. The van der Waals surface area contributed by atoms with Crippen molar-refractivity contribution in [3.05, 3.63) is 70.7 Å². The van der Waals surface area contributed by atoms with Gasteiger partial charge in [-0.1, -0.05) is 11.6 Å². The van der Waals surface area contributed by atoms with E-state index in [9.17, 15) is 18.0 Å². The van der Waals surface area contributed by atoms with Crippen LogP contribution in [0.1, 0.15) is 46.3 Å². The van der Waals surface area contributed by atoms with Gasteiger partial charge in [0.1, 0.15) is 0 Å². The molecule has 0 unspecified atom stereocenters. The Morgan fingerprint density at radius 2 is 1.92 bits per heavy atom. The minimum Gasteiger partial charge on any atom is -0.372 e. The molecule has 1 N–H and O–H groups in total. The van der Waals surface area contributed by atoms with Crippen molar-refractivity contribution in [2.75, 3.05) is 11.9 Å². The maximum atomic E-state index is 14.2. The second kappa shape index (κ2) is 9.32. The summed E-state index contributed by atoms with van der Waals surface area (Å²) in [5, 5.41) is 14.2. The molecule has 4 aromatic heterocycles. The number of rotatable bonds is 5. The Bertz CT molecular complexity index is 1420. The van der Waals surface area contributed by atoms with Gasteiger partial charge in [0, 0.05) is 12.8 Å². The van der Waals surface area contributed by atoms with Gasteiger partial charge in [0.05, 0.1) is 58.5 Å². The van der Waals surface area contributed by atoms with Crippen molar-refractivity contribution in [1.29, 1.82) is 0 Å². The standard InChI is InChI=1S/C22H18ClF3N8O2/c1-12-9-27-16(18-3-2-6-36-18)8-17(12)33-19(22(24,25)26)14(11-31-33)21(35)32-13-7-15(23)20(28-10-13)34-29-4-5-30-34/h4-5,7-11,18H,2-3,6H2,1H3,(H,32,35)/t18-/m1/s1. The van der Waals surface area contributed by atoms with Gasteiger partial charge in [-0.05, 0) is 37.5 Å². The first-order valence-electron chi connectivity index (χ1n) is 10.8. The van der Waals surface area contributed by atoms with Gasteiger partial charge < -0.3 is 10.1 Å². The maximum Gasteiger partial charge on any atom is 0.434 e. The van der Waals surface area contributed by atoms with E-state index in [1.54, 1.807) is 6.92 Å². The fraction of sp³-hybridized carbons (Fsp3) is 0.273. The lowest BCUT2D eigenvalue weighted by Crippen LogP contribution is -2.21. The minimum absolute atomic E-state index is 0.0857. The molecule has 1 fully saturated rings. The predicted molar refractivity (Wildman–Crippen MR) is 121 cm³/mol. The summed E-state index contributed by atoms with van der Waals surface area (Å²) in [7, 11) is 0. The Kier molecular flexibility index (Phi) is 6.18. The molecular formula is C22H18ClF3N8O2. The number of nitrogens with one attached hydrogen (secondary N) is 1. The molecule has 1 saturated heterocycles. The van der Waals surface area contributed by atoms with Crippen LogP contribution in [-0.4, -0.2) is 47.3 Å². The molecule has 0 radical (unpaired) electrons. The van der Waals surface area contributed by atoms with Crippen molar-refractivity contribution >= 4 is 23.2 Å². The van der Waals surface area contributed by atoms with Crippen LogP contribution in [-0.2, 0) is 10.9 Å². The molecule has 4 aromatic rings. The Morgan fingerprint density at radius 1 is 1.14 bits per heavy atom. The fourth-order valence-electron chi connectivity index (χ4n) is 3.88. The molecule has 10 nitrogen and oxygen atoms in total. The van der Waals surface area contributed by atoms with Crippen LogP contribution in [0.3, 0.4) is 0 Å². The monoisotopic (exact) mass is 518 g/mol. The van der Waals surface area contributed by atoms with Crippen LogP contribution in [0.4, 0.5) is 18.9 Å². The molecule has 5 heterocycles. The van der Waals surface area contributed by atoms with Crippen molar-refractivity contribution in [2.45, 2.75) is 32.0 Å². The fourth-order valence-corrected chi connectivity index (χ4v) is 4.13. The van der Waals surface area contributed by atoms with E-state index in [0.29, 0.717) is 22.5 Å². The molecule has 1 atom stereocenters. The highest BCUT2D eigenvalue weighted by molar-refractivity contribution is 6.32. The molecule has 5 rings (SSSR count). The number of aryl methyl sites for hydroxylation is 1. The Balaban J connectivity index is 1.48. The molecule has 0 aliphatic carbocycles. The third-order valence-corrected chi connectivity index (χ3v) is 5.83. The van der Waals surface area contributed by atoms with Crippen LogP contribution in [0.15, 0.2) is 43.1 Å². The van der Waals surface area contributed by atoms with E-state index in [-0.39, 0.29) is 28.3 Å². The number of nitrogens with zero attached hydrogens (tertiary/aromatic N) is 7. The van der Waals surface area contributed by atoms with Crippen LogP contribution < -0.4 is 5.32 Å². The number of anilines is 1. The highest BCUT2D eigenvalue weighted by Gasteiger charge is 2.41. The summed E-state index contributed by atoms with van der Waals surface area (Å²) in [5.74, 6) is -0.832. The zero-order valence-electron chi connectivity index (χ0n) is 18.7. The number of halogens is 4. The summed E-state index contributed by atoms with van der Waals surface area (Å²) >= 11 is 6.20. The Labute approximate surface area is 207 Å². The lowest BCUT2D eigenvalue weighted by Gasteiger charge is -2.16. The van der Waals surface area contributed by atoms with Gasteiger partial charge in [-0.3, -0.25) is 9.78 Å². The van der Waals surface area contributed by atoms with Crippen LogP contribution in [0.5, 0.6) is 0 Å². The number of alkyl halides is 3. The summed E-state index contributed by atoms with van der Waals surface area (Å²) in [6.07, 6.45) is 2.83. The first-order valence-corrected chi connectivity index (χ1v) is 11.2. The number of amides is 1. The van der Waals surface area contributed by atoms with Crippen molar-refractivity contribution in [1.82, 2.24) is 34.7 Å². The predicted octanol–water partition coefficient (Wildman–Crippen LogP) is 4.33. The first-order chi connectivity index (χ1) is 17.2. The number of hydrogen-bond acceptors (Lipinski definition) is 7. The lowest BCUT2D eigenvalue weighted by molar-refractivity contribution is -0.143. The van der Waals surface area contributed by atoms with E-state index in [4.69, 9.17) is 16.3 Å². The molecule has 36 heavy (non-hydrogen) atoms. The van der Waals surface area contributed by atoms with Gasteiger partial charge in [0.2, 0.25) is 0 Å². The van der Waals surface area contributed by atoms with Gasteiger partial charge in [0.25, 0.3) is 5.91 Å². The molecule has 0 bridgehead atoms. The zero-order chi connectivity index (χ0) is 25.4. The third kappa shape index (κ3) is 4.54. The van der Waals surface area contributed by atoms with Gasteiger partial charge >= 0.3 is 6.18 Å². The smallest absolute Gasteiger partial charge is 0.372 e. The molecule has 1 aliphatic heterocycles. The summed E-state index contributed by atoms with van der Waals surface area (Å²) in [6.45, 7) is 2.18. The van der Waals surface area contributed by atoms with E-state index >= 15 is 0 Å². The Morgan fingerprint density at radius 3 is 2.58 bits per heavy atom. The number of aromatic nitrogens is 7. The average molecular weight is 519 g/mol. The molecule has 14 heteroatoms. The lowest BCUT2D eigenvalue weighted by atomic mass is 10.1. The van der Waals surface area contributed by atoms with Crippen LogP contribution in [0.25, 0.3) is 11.5 Å². The highest BCUT2D eigenvalue weighted by atomic mass is 35.5. The van der Waals surface area contributed by atoms with Crippen LogP contribution >= 0.6 is 11.6 Å². The first kappa shape index (κ1) is 23.9. The van der Waals surface area contributed by atoms with Gasteiger partial charge in [-0.15, -0.1) is 4.80 Å². The maximum absolute atomic E-state index is 14.2. The van der Waals surface area contributed by atoms with Crippen molar-refractivity contribution in [2.24, 2.45) is 0 Å². The number of ether oxygens (including phenoxy) is 1.